The van der Waals surface area contributed by atoms with Crippen LogP contribution in [0.4, 0.5) is 4.39 Å². The van der Waals surface area contributed by atoms with Gasteiger partial charge in [0, 0.05) is 30.5 Å². The number of carboxylic acid groups (broad SMARTS) is 1. The largest absolute Gasteiger partial charge is 0.480 e. The summed E-state index contributed by atoms with van der Waals surface area (Å²) in [7, 11) is 0. The molecule has 0 saturated heterocycles. The van der Waals surface area contributed by atoms with Crippen molar-refractivity contribution in [1.82, 2.24) is 9.88 Å². The van der Waals surface area contributed by atoms with Gasteiger partial charge in [-0.25, -0.2) is 4.39 Å². The number of halogens is 1. The molecule has 0 spiro atoms. The Morgan fingerprint density at radius 2 is 1.91 bits per heavy atom. The molecule has 0 fully saturated rings. The smallest absolute Gasteiger partial charge is 0.317 e. The molecule has 4 nitrogen and oxygen atoms in total. The van der Waals surface area contributed by atoms with E-state index in [1.807, 2.05) is 32.0 Å². The van der Waals surface area contributed by atoms with E-state index in [0.717, 1.165) is 11.1 Å². The van der Waals surface area contributed by atoms with Gasteiger partial charge < -0.3 is 5.11 Å². The SMILES string of the molecule is CC(C)N(CC(=O)O)Cc1ccc(-c2ccncc2)cc1F. The molecule has 2 aromatic rings. The number of hydrogen-bond donors (Lipinski definition) is 1. The summed E-state index contributed by atoms with van der Waals surface area (Å²) in [6, 6.07) is 8.69. The molecule has 0 unspecified atom stereocenters. The molecule has 1 aromatic heterocycles. The fourth-order valence-electron chi connectivity index (χ4n) is 2.21. The molecule has 0 bridgehead atoms. The van der Waals surface area contributed by atoms with Crippen molar-refractivity contribution in [2.24, 2.45) is 0 Å². The fraction of sp³-hybridized carbons (Fsp3) is 0.294. The number of carbonyl (C=O) groups is 1. The van der Waals surface area contributed by atoms with Gasteiger partial charge in [-0.05, 0) is 43.2 Å². The molecule has 1 aromatic carbocycles. The topological polar surface area (TPSA) is 53.4 Å². The predicted molar refractivity (Wildman–Crippen MR) is 82.8 cm³/mol. The third-order valence-electron chi connectivity index (χ3n) is 3.51. The summed E-state index contributed by atoms with van der Waals surface area (Å²) in [5.41, 5.74) is 2.16. The van der Waals surface area contributed by atoms with Crippen molar-refractivity contribution in [3.05, 3.63) is 54.1 Å². The van der Waals surface area contributed by atoms with Gasteiger partial charge in [0.15, 0.2) is 0 Å². The van der Waals surface area contributed by atoms with E-state index in [4.69, 9.17) is 5.11 Å². The monoisotopic (exact) mass is 302 g/mol. The number of nitrogens with zero attached hydrogens (tertiary/aromatic N) is 2. The summed E-state index contributed by atoms with van der Waals surface area (Å²) in [5, 5.41) is 8.93. The van der Waals surface area contributed by atoms with E-state index in [-0.39, 0.29) is 24.9 Å². The van der Waals surface area contributed by atoms with Crippen molar-refractivity contribution < 1.29 is 14.3 Å². The summed E-state index contributed by atoms with van der Waals surface area (Å²) in [4.78, 5) is 16.5. The Hall–Kier alpha value is -2.27. The van der Waals surface area contributed by atoms with Crippen LogP contribution in [-0.4, -0.2) is 33.5 Å². The van der Waals surface area contributed by atoms with Crippen molar-refractivity contribution in [3.8, 4) is 11.1 Å². The van der Waals surface area contributed by atoms with E-state index in [0.29, 0.717) is 5.56 Å². The third-order valence-corrected chi connectivity index (χ3v) is 3.51. The van der Waals surface area contributed by atoms with Gasteiger partial charge in [0.2, 0.25) is 0 Å². The van der Waals surface area contributed by atoms with E-state index < -0.39 is 5.97 Å². The lowest BCUT2D eigenvalue weighted by atomic mass is 10.0. The second-order valence-corrected chi connectivity index (χ2v) is 5.43. The minimum absolute atomic E-state index is 0.0235. The summed E-state index contributed by atoms with van der Waals surface area (Å²) in [5.74, 6) is -1.24. The Kier molecular flexibility index (Phi) is 5.22. The van der Waals surface area contributed by atoms with Crippen molar-refractivity contribution in [2.75, 3.05) is 6.54 Å². The van der Waals surface area contributed by atoms with Gasteiger partial charge in [0.05, 0.1) is 6.54 Å². The van der Waals surface area contributed by atoms with E-state index in [1.165, 1.54) is 6.07 Å². The highest BCUT2D eigenvalue weighted by atomic mass is 19.1. The number of pyridine rings is 1. The number of rotatable bonds is 6. The molecular formula is C17H19FN2O2. The molecule has 0 aliphatic carbocycles. The van der Waals surface area contributed by atoms with Crippen LogP contribution in [0.2, 0.25) is 0 Å². The van der Waals surface area contributed by atoms with Crippen LogP contribution >= 0.6 is 0 Å². The van der Waals surface area contributed by atoms with Crippen LogP contribution in [0.15, 0.2) is 42.7 Å². The van der Waals surface area contributed by atoms with Crippen LogP contribution in [0, 0.1) is 5.82 Å². The third kappa shape index (κ3) is 4.11. The maximum absolute atomic E-state index is 14.3. The molecule has 0 aliphatic rings. The number of benzene rings is 1. The predicted octanol–water partition coefficient (Wildman–Crippen LogP) is 3.18. The van der Waals surface area contributed by atoms with E-state index in [1.54, 1.807) is 23.4 Å². The Morgan fingerprint density at radius 3 is 2.45 bits per heavy atom. The normalized spacial score (nSPS) is 11.1. The average molecular weight is 302 g/mol. The van der Waals surface area contributed by atoms with Crippen LogP contribution < -0.4 is 0 Å². The minimum Gasteiger partial charge on any atom is -0.480 e. The zero-order chi connectivity index (χ0) is 16.1. The molecule has 22 heavy (non-hydrogen) atoms. The van der Waals surface area contributed by atoms with Crippen LogP contribution in [0.5, 0.6) is 0 Å². The van der Waals surface area contributed by atoms with Crippen molar-refractivity contribution >= 4 is 5.97 Å². The first kappa shape index (κ1) is 16.1. The van der Waals surface area contributed by atoms with Gasteiger partial charge in [0.25, 0.3) is 0 Å². The van der Waals surface area contributed by atoms with Crippen molar-refractivity contribution in [2.45, 2.75) is 26.4 Å². The Labute approximate surface area is 129 Å². The Bertz CT molecular complexity index is 644. The first-order chi connectivity index (χ1) is 10.5. The van der Waals surface area contributed by atoms with Gasteiger partial charge >= 0.3 is 5.97 Å². The first-order valence-electron chi connectivity index (χ1n) is 7.12. The van der Waals surface area contributed by atoms with Gasteiger partial charge in [-0.3, -0.25) is 14.7 Å². The molecule has 0 saturated carbocycles. The van der Waals surface area contributed by atoms with Crippen molar-refractivity contribution in [1.29, 1.82) is 0 Å². The number of carboxylic acids is 1. The molecule has 0 radical (unpaired) electrons. The standard InChI is InChI=1S/C17H19FN2O2/c1-12(2)20(11-17(21)22)10-15-4-3-14(9-16(15)18)13-5-7-19-8-6-13/h3-9,12H,10-11H2,1-2H3,(H,21,22). The summed E-state index contributed by atoms with van der Waals surface area (Å²) in [6.07, 6.45) is 3.32. The maximum Gasteiger partial charge on any atom is 0.317 e. The average Bonchev–Trinajstić information content (AvgIpc) is 2.48. The fourth-order valence-corrected chi connectivity index (χ4v) is 2.21. The molecule has 5 heteroatoms. The number of aromatic nitrogens is 1. The maximum atomic E-state index is 14.3. The van der Waals surface area contributed by atoms with Gasteiger partial charge in [-0.2, -0.15) is 0 Å². The summed E-state index contributed by atoms with van der Waals surface area (Å²) in [6.45, 7) is 3.95. The van der Waals surface area contributed by atoms with Crippen LogP contribution in [-0.2, 0) is 11.3 Å². The zero-order valence-electron chi connectivity index (χ0n) is 12.7. The molecular weight excluding hydrogens is 283 g/mol. The van der Waals surface area contributed by atoms with Gasteiger partial charge in [-0.1, -0.05) is 12.1 Å². The Balaban J connectivity index is 2.21. The Morgan fingerprint density at radius 1 is 1.23 bits per heavy atom. The molecule has 2 rings (SSSR count). The van der Waals surface area contributed by atoms with Gasteiger partial charge in [0.1, 0.15) is 5.82 Å². The lowest BCUT2D eigenvalue weighted by Gasteiger charge is -2.24. The molecule has 0 amide bonds. The van der Waals surface area contributed by atoms with E-state index in [9.17, 15) is 9.18 Å². The lowest BCUT2D eigenvalue weighted by Crippen LogP contribution is -2.35. The molecule has 1 N–H and O–H groups in total. The number of hydrogen-bond acceptors (Lipinski definition) is 3. The summed E-state index contributed by atoms with van der Waals surface area (Å²) >= 11 is 0. The van der Waals surface area contributed by atoms with Crippen LogP contribution in [0.25, 0.3) is 11.1 Å². The van der Waals surface area contributed by atoms with Crippen molar-refractivity contribution in [3.63, 3.8) is 0 Å². The quantitative estimate of drug-likeness (QED) is 0.890. The highest BCUT2D eigenvalue weighted by Crippen LogP contribution is 2.22. The molecule has 0 atom stereocenters. The highest BCUT2D eigenvalue weighted by molar-refractivity contribution is 5.69. The second-order valence-electron chi connectivity index (χ2n) is 5.43. The molecule has 1 heterocycles. The van der Waals surface area contributed by atoms with Gasteiger partial charge in [-0.15, -0.1) is 0 Å². The highest BCUT2D eigenvalue weighted by Gasteiger charge is 2.16. The van der Waals surface area contributed by atoms with E-state index >= 15 is 0 Å². The minimum atomic E-state index is -0.914. The zero-order valence-corrected chi connectivity index (χ0v) is 12.7. The lowest BCUT2D eigenvalue weighted by molar-refractivity contribution is -0.139. The number of aliphatic carboxylic acids is 1. The first-order valence-corrected chi connectivity index (χ1v) is 7.12. The van der Waals surface area contributed by atoms with Crippen LogP contribution in [0.3, 0.4) is 0 Å². The second kappa shape index (κ2) is 7.13. The van der Waals surface area contributed by atoms with E-state index in [2.05, 4.69) is 4.98 Å². The summed E-state index contributed by atoms with van der Waals surface area (Å²) < 4.78 is 14.3. The molecule has 116 valence electrons. The molecule has 0 aliphatic heterocycles. The van der Waals surface area contributed by atoms with Crippen LogP contribution in [0.1, 0.15) is 19.4 Å².